The van der Waals surface area contributed by atoms with E-state index < -0.39 is 12.5 Å². The Morgan fingerprint density at radius 1 is 1.42 bits per heavy atom. The van der Waals surface area contributed by atoms with Gasteiger partial charge in [-0.25, -0.2) is 4.68 Å². The van der Waals surface area contributed by atoms with E-state index in [-0.39, 0.29) is 11.7 Å². The fraction of sp³-hybridized carbons (Fsp3) is 0.250. The topological polar surface area (TPSA) is 59.8 Å². The van der Waals surface area contributed by atoms with Crippen LogP contribution in [-0.2, 0) is 0 Å². The number of aromatic nitrogens is 3. The second-order valence-corrected chi connectivity index (χ2v) is 3.94. The minimum absolute atomic E-state index is 0.0453. The number of carbonyl (C=O) groups is 1. The van der Waals surface area contributed by atoms with E-state index in [1.807, 2.05) is 6.07 Å². The van der Waals surface area contributed by atoms with Crippen LogP contribution in [0.1, 0.15) is 35.6 Å². The third kappa shape index (κ3) is 3.12. The van der Waals surface area contributed by atoms with Crippen LogP contribution >= 0.6 is 0 Å². The lowest BCUT2D eigenvalue weighted by Crippen LogP contribution is -2.27. The van der Waals surface area contributed by atoms with Crippen LogP contribution in [0.15, 0.2) is 36.8 Å². The highest BCUT2D eigenvalue weighted by Crippen LogP contribution is 2.12. The summed E-state index contributed by atoms with van der Waals surface area (Å²) in [4.78, 5) is 15.8. The van der Waals surface area contributed by atoms with Gasteiger partial charge in [-0.3, -0.25) is 9.78 Å². The van der Waals surface area contributed by atoms with Gasteiger partial charge in [0.15, 0.2) is 0 Å². The molecule has 0 aliphatic rings. The van der Waals surface area contributed by atoms with Crippen LogP contribution in [0.3, 0.4) is 0 Å². The summed E-state index contributed by atoms with van der Waals surface area (Å²) in [6.07, 6.45) is 4.32. The van der Waals surface area contributed by atoms with Gasteiger partial charge < -0.3 is 5.32 Å². The second-order valence-electron chi connectivity index (χ2n) is 3.94. The second kappa shape index (κ2) is 5.55. The van der Waals surface area contributed by atoms with Gasteiger partial charge in [0.1, 0.15) is 5.69 Å². The highest BCUT2D eigenvalue weighted by Gasteiger charge is 2.15. The molecule has 0 spiro atoms. The molecular formula is C12H12F2N4O. The minimum atomic E-state index is -2.75. The normalized spacial score (nSPS) is 12.4. The Bertz CT molecular complexity index is 556. The monoisotopic (exact) mass is 266 g/mol. The molecule has 1 amide bonds. The molecule has 100 valence electrons. The number of hydrogen-bond donors (Lipinski definition) is 1. The maximum atomic E-state index is 12.3. The highest BCUT2D eigenvalue weighted by atomic mass is 19.3. The SMILES string of the molecule is CC(NC(=O)c1ccn(C(F)F)n1)c1cccnc1. The smallest absolute Gasteiger partial charge is 0.333 e. The quantitative estimate of drug-likeness (QED) is 0.922. The molecule has 1 unspecified atom stereocenters. The first kappa shape index (κ1) is 13.1. The molecule has 0 aromatic carbocycles. The van der Waals surface area contributed by atoms with Crippen LogP contribution in [0.4, 0.5) is 8.78 Å². The van der Waals surface area contributed by atoms with Gasteiger partial charge >= 0.3 is 6.55 Å². The molecule has 0 fully saturated rings. The van der Waals surface area contributed by atoms with Crippen molar-refractivity contribution in [1.29, 1.82) is 0 Å². The van der Waals surface area contributed by atoms with Crippen LogP contribution in [0.5, 0.6) is 0 Å². The third-order valence-corrected chi connectivity index (χ3v) is 2.57. The van der Waals surface area contributed by atoms with Gasteiger partial charge in [0.2, 0.25) is 0 Å². The first-order chi connectivity index (χ1) is 9.08. The predicted molar refractivity (Wildman–Crippen MR) is 63.6 cm³/mol. The van der Waals surface area contributed by atoms with Gasteiger partial charge in [-0.05, 0) is 24.6 Å². The highest BCUT2D eigenvalue weighted by molar-refractivity contribution is 5.92. The van der Waals surface area contributed by atoms with E-state index in [4.69, 9.17) is 0 Å². The van der Waals surface area contributed by atoms with Crippen LogP contribution < -0.4 is 5.32 Å². The number of nitrogens with one attached hydrogen (secondary N) is 1. The molecule has 1 atom stereocenters. The van der Waals surface area contributed by atoms with Crippen molar-refractivity contribution < 1.29 is 13.6 Å². The molecule has 19 heavy (non-hydrogen) atoms. The van der Waals surface area contributed by atoms with Crippen molar-refractivity contribution in [2.75, 3.05) is 0 Å². The number of rotatable bonds is 4. The first-order valence-electron chi connectivity index (χ1n) is 5.62. The summed E-state index contributed by atoms with van der Waals surface area (Å²) < 4.78 is 25.1. The molecule has 0 aliphatic heterocycles. The number of halogens is 2. The van der Waals surface area contributed by atoms with Crippen molar-refractivity contribution in [3.63, 3.8) is 0 Å². The van der Waals surface area contributed by atoms with E-state index in [0.717, 1.165) is 11.8 Å². The summed E-state index contributed by atoms with van der Waals surface area (Å²) in [5, 5.41) is 6.16. The summed E-state index contributed by atoms with van der Waals surface area (Å²) in [6.45, 7) is -0.976. The minimum Gasteiger partial charge on any atom is -0.344 e. The van der Waals surface area contributed by atoms with E-state index in [1.165, 1.54) is 6.07 Å². The van der Waals surface area contributed by atoms with E-state index >= 15 is 0 Å². The van der Waals surface area contributed by atoms with Crippen molar-refractivity contribution in [2.45, 2.75) is 19.5 Å². The van der Waals surface area contributed by atoms with Gasteiger partial charge in [0.05, 0.1) is 6.04 Å². The molecular weight excluding hydrogens is 254 g/mol. The Hall–Kier alpha value is -2.31. The predicted octanol–water partition coefficient (Wildman–Crippen LogP) is 2.16. The van der Waals surface area contributed by atoms with E-state index in [2.05, 4.69) is 15.4 Å². The largest absolute Gasteiger partial charge is 0.344 e. The van der Waals surface area contributed by atoms with Gasteiger partial charge in [-0.15, -0.1) is 0 Å². The zero-order valence-electron chi connectivity index (χ0n) is 10.1. The van der Waals surface area contributed by atoms with Crippen LogP contribution in [-0.4, -0.2) is 20.7 Å². The number of alkyl halides is 2. The summed E-state index contributed by atoms with van der Waals surface area (Å²) in [7, 11) is 0. The summed E-state index contributed by atoms with van der Waals surface area (Å²) in [5.41, 5.74) is 0.778. The Morgan fingerprint density at radius 3 is 2.79 bits per heavy atom. The Labute approximate surface area is 108 Å². The molecule has 5 nitrogen and oxygen atoms in total. The van der Waals surface area contributed by atoms with Crippen molar-refractivity contribution in [2.24, 2.45) is 0 Å². The Balaban J connectivity index is 2.04. The first-order valence-corrected chi connectivity index (χ1v) is 5.62. The summed E-state index contributed by atoms with van der Waals surface area (Å²) in [5.74, 6) is -0.504. The fourth-order valence-electron chi connectivity index (χ4n) is 1.55. The molecule has 1 N–H and O–H groups in total. The molecule has 7 heteroatoms. The maximum Gasteiger partial charge on any atom is 0.333 e. The lowest BCUT2D eigenvalue weighted by atomic mass is 10.1. The fourth-order valence-corrected chi connectivity index (χ4v) is 1.55. The molecule has 2 heterocycles. The van der Waals surface area contributed by atoms with Crippen molar-refractivity contribution in [3.05, 3.63) is 48.0 Å². The molecule has 0 saturated carbocycles. The number of pyridine rings is 1. The van der Waals surface area contributed by atoms with Crippen molar-refractivity contribution in [1.82, 2.24) is 20.1 Å². The van der Waals surface area contributed by atoms with Gasteiger partial charge in [-0.2, -0.15) is 13.9 Å². The summed E-state index contributed by atoms with van der Waals surface area (Å²) in [6, 6.07) is 4.54. The van der Waals surface area contributed by atoms with Crippen LogP contribution in [0, 0.1) is 0 Å². The molecule has 0 aliphatic carbocycles. The molecule has 0 radical (unpaired) electrons. The van der Waals surface area contributed by atoms with Gasteiger partial charge in [0, 0.05) is 18.6 Å². The van der Waals surface area contributed by atoms with Gasteiger partial charge in [0.25, 0.3) is 5.91 Å². The average Bonchev–Trinajstić information content (AvgIpc) is 2.89. The van der Waals surface area contributed by atoms with Gasteiger partial charge in [-0.1, -0.05) is 6.07 Å². The lowest BCUT2D eigenvalue weighted by Gasteiger charge is -2.12. The van der Waals surface area contributed by atoms with E-state index in [0.29, 0.717) is 4.68 Å². The molecule has 2 rings (SSSR count). The average molecular weight is 266 g/mol. The third-order valence-electron chi connectivity index (χ3n) is 2.57. The molecule has 0 bridgehead atoms. The Morgan fingerprint density at radius 2 is 2.21 bits per heavy atom. The number of amides is 1. The maximum absolute atomic E-state index is 12.3. The zero-order valence-corrected chi connectivity index (χ0v) is 10.1. The van der Waals surface area contributed by atoms with Crippen LogP contribution in [0.2, 0.25) is 0 Å². The van der Waals surface area contributed by atoms with Crippen LogP contribution in [0.25, 0.3) is 0 Å². The Kier molecular flexibility index (Phi) is 3.84. The molecule has 2 aromatic rings. The molecule has 0 saturated heterocycles. The van der Waals surface area contributed by atoms with E-state index in [9.17, 15) is 13.6 Å². The standard InChI is InChI=1S/C12H12F2N4O/c1-8(9-3-2-5-15-7-9)16-11(19)10-4-6-18(17-10)12(13)14/h2-8,12H,1H3,(H,16,19). The van der Waals surface area contributed by atoms with Crippen molar-refractivity contribution >= 4 is 5.91 Å². The summed E-state index contributed by atoms with van der Waals surface area (Å²) >= 11 is 0. The zero-order chi connectivity index (χ0) is 13.8. The number of nitrogens with zero attached hydrogens (tertiary/aromatic N) is 3. The number of carbonyl (C=O) groups excluding carboxylic acids is 1. The van der Waals surface area contributed by atoms with E-state index in [1.54, 1.807) is 25.4 Å². The molecule has 2 aromatic heterocycles. The number of hydrogen-bond acceptors (Lipinski definition) is 3. The lowest BCUT2D eigenvalue weighted by molar-refractivity contribution is 0.0559. The van der Waals surface area contributed by atoms with Crippen molar-refractivity contribution in [3.8, 4) is 0 Å².